The summed E-state index contributed by atoms with van der Waals surface area (Å²) in [5.74, 6) is 0.206. The van der Waals surface area contributed by atoms with Gasteiger partial charge in [0.25, 0.3) is 0 Å². The van der Waals surface area contributed by atoms with Crippen molar-refractivity contribution in [2.24, 2.45) is 5.92 Å². The number of rotatable bonds is 5. The van der Waals surface area contributed by atoms with E-state index in [2.05, 4.69) is 0 Å². The van der Waals surface area contributed by atoms with Crippen LogP contribution in [0.2, 0.25) is 0 Å². The lowest BCUT2D eigenvalue weighted by Crippen LogP contribution is -2.37. The highest BCUT2D eigenvalue weighted by Gasteiger charge is 2.33. The first-order valence-electron chi connectivity index (χ1n) is 6.21. The Kier molecular flexibility index (Phi) is 5.73. The summed E-state index contributed by atoms with van der Waals surface area (Å²) < 4.78 is 41.4. The third kappa shape index (κ3) is 5.25. The number of alkyl halides is 3. The zero-order valence-electron chi connectivity index (χ0n) is 10.2. The van der Waals surface area contributed by atoms with Crippen LogP contribution in [-0.4, -0.2) is 30.6 Å². The number of methoxy groups -OCH3 is 1. The van der Waals surface area contributed by atoms with Crippen molar-refractivity contribution in [3.8, 4) is 0 Å². The number of hydrogen-bond acceptors (Lipinski definition) is 2. The zero-order valence-corrected chi connectivity index (χ0v) is 10.2. The molecule has 1 saturated carbocycles. The monoisotopic (exact) mass is 254 g/mol. The van der Waals surface area contributed by atoms with Crippen LogP contribution in [0.15, 0.2) is 0 Å². The summed E-state index contributed by atoms with van der Waals surface area (Å²) in [6.45, 7) is 0. The molecule has 0 heterocycles. The van der Waals surface area contributed by atoms with E-state index >= 15 is 0 Å². The maximum Gasteiger partial charge on any atom is 0.389 e. The molecule has 0 bridgehead atoms. The zero-order chi connectivity index (χ0) is 12.9. The van der Waals surface area contributed by atoms with Gasteiger partial charge in [0.05, 0.1) is 12.2 Å². The fourth-order valence-electron chi connectivity index (χ4n) is 2.60. The molecular weight excluding hydrogens is 233 g/mol. The predicted molar refractivity (Wildman–Crippen MR) is 58.7 cm³/mol. The SMILES string of the molecule is COC(C(O)CCC(F)(F)F)C1CCCCC1. The lowest BCUT2D eigenvalue weighted by molar-refractivity contribution is -0.147. The van der Waals surface area contributed by atoms with Gasteiger partial charge in [-0.15, -0.1) is 0 Å². The number of halogens is 3. The van der Waals surface area contributed by atoms with Crippen molar-refractivity contribution >= 4 is 0 Å². The Balaban J connectivity index is 2.42. The fourth-order valence-corrected chi connectivity index (χ4v) is 2.60. The summed E-state index contributed by atoms with van der Waals surface area (Å²) in [6.07, 6.45) is -1.64. The minimum atomic E-state index is -4.20. The van der Waals surface area contributed by atoms with E-state index < -0.39 is 24.8 Å². The van der Waals surface area contributed by atoms with Gasteiger partial charge < -0.3 is 9.84 Å². The quantitative estimate of drug-likeness (QED) is 0.815. The minimum Gasteiger partial charge on any atom is -0.390 e. The summed E-state index contributed by atoms with van der Waals surface area (Å²) in [5, 5.41) is 9.80. The van der Waals surface area contributed by atoms with Crippen LogP contribution < -0.4 is 0 Å². The highest BCUT2D eigenvalue weighted by atomic mass is 19.4. The molecule has 1 aliphatic rings. The topological polar surface area (TPSA) is 29.5 Å². The van der Waals surface area contributed by atoms with Gasteiger partial charge >= 0.3 is 6.18 Å². The molecule has 102 valence electrons. The number of ether oxygens (including phenoxy) is 1. The van der Waals surface area contributed by atoms with Crippen molar-refractivity contribution in [1.29, 1.82) is 0 Å². The Labute approximate surface area is 100 Å². The molecule has 5 heteroatoms. The van der Waals surface area contributed by atoms with Crippen molar-refractivity contribution in [1.82, 2.24) is 0 Å². The van der Waals surface area contributed by atoms with Crippen molar-refractivity contribution in [2.45, 2.75) is 63.3 Å². The van der Waals surface area contributed by atoms with Crippen LogP contribution in [0.25, 0.3) is 0 Å². The summed E-state index contributed by atoms with van der Waals surface area (Å²) >= 11 is 0. The van der Waals surface area contributed by atoms with Gasteiger partial charge in [0.2, 0.25) is 0 Å². The molecule has 2 unspecified atom stereocenters. The van der Waals surface area contributed by atoms with Gasteiger partial charge in [0.1, 0.15) is 0 Å². The maximum absolute atomic E-state index is 12.1. The van der Waals surface area contributed by atoms with Crippen LogP contribution in [0, 0.1) is 5.92 Å². The maximum atomic E-state index is 12.1. The molecular formula is C12H21F3O2. The number of aliphatic hydroxyl groups excluding tert-OH is 1. The Morgan fingerprint density at radius 2 is 1.82 bits per heavy atom. The summed E-state index contributed by atoms with van der Waals surface area (Å²) in [4.78, 5) is 0. The average Bonchev–Trinajstić information content (AvgIpc) is 2.28. The van der Waals surface area contributed by atoms with Crippen molar-refractivity contribution in [3.05, 3.63) is 0 Å². The van der Waals surface area contributed by atoms with E-state index in [1.807, 2.05) is 0 Å². The second kappa shape index (κ2) is 6.59. The lowest BCUT2D eigenvalue weighted by Gasteiger charge is -2.32. The Morgan fingerprint density at radius 1 is 1.24 bits per heavy atom. The van der Waals surface area contributed by atoms with Crippen LogP contribution in [0.1, 0.15) is 44.9 Å². The first kappa shape index (κ1) is 14.8. The van der Waals surface area contributed by atoms with E-state index in [4.69, 9.17) is 4.74 Å². The van der Waals surface area contributed by atoms with Crippen molar-refractivity contribution in [2.75, 3.05) is 7.11 Å². The summed E-state index contributed by atoms with van der Waals surface area (Å²) in [6, 6.07) is 0. The van der Waals surface area contributed by atoms with Gasteiger partial charge in [-0.25, -0.2) is 0 Å². The predicted octanol–water partition coefficient (Wildman–Crippen LogP) is 3.29. The van der Waals surface area contributed by atoms with E-state index in [1.165, 1.54) is 13.5 Å². The second-order valence-corrected chi connectivity index (χ2v) is 4.82. The first-order valence-corrected chi connectivity index (χ1v) is 6.21. The van der Waals surface area contributed by atoms with Crippen LogP contribution >= 0.6 is 0 Å². The molecule has 0 aromatic heterocycles. The third-order valence-electron chi connectivity index (χ3n) is 3.49. The van der Waals surface area contributed by atoms with Gasteiger partial charge in [-0.1, -0.05) is 19.3 Å². The van der Waals surface area contributed by atoms with Crippen LogP contribution in [0.5, 0.6) is 0 Å². The molecule has 0 radical (unpaired) electrons. The van der Waals surface area contributed by atoms with Gasteiger partial charge in [-0.3, -0.25) is 0 Å². The molecule has 0 saturated heterocycles. The molecule has 1 N–H and O–H groups in total. The molecule has 1 fully saturated rings. The lowest BCUT2D eigenvalue weighted by atomic mass is 9.82. The molecule has 1 aliphatic carbocycles. The summed E-state index contributed by atoms with van der Waals surface area (Å²) in [7, 11) is 1.47. The van der Waals surface area contributed by atoms with Crippen LogP contribution in [0.3, 0.4) is 0 Å². The molecule has 0 aromatic carbocycles. The molecule has 17 heavy (non-hydrogen) atoms. The Morgan fingerprint density at radius 3 is 2.29 bits per heavy atom. The van der Waals surface area contributed by atoms with Crippen LogP contribution in [-0.2, 0) is 4.74 Å². The normalized spacial score (nSPS) is 22.4. The molecule has 0 aliphatic heterocycles. The molecule has 0 amide bonds. The number of hydrogen-bond donors (Lipinski definition) is 1. The Bertz CT molecular complexity index is 212. The smallest absolute Gasteiger partial charge is 0.389 e. The van der Waals surface area contributed by atoms with Gasteiger partial charge in [0.15, 0.2) is 0 Å². The number of aliphatic hydroxyl groups is 1. The van der Waals surface area contributed by atoms with E-state index in [0.29, 0.717) is 0 Å². The first-order chi connectivity index (χ1) is 7.94. The van der Waals surface area contributed by atoms with E-state index in [9.17, 15) is 18.3 Å². The molecule has 2 nitrogen and oxygen atoms in total. The van der Waals surface area contributed by atoms with Gasteiger partial charge in [0, 0.05) is 13.5 Å². The van der Waals surface area contributed by atoms with Crippen molar-refractivity contribution < 1.29 is 23.0 Å². The van der Waals surface area contributed by atoms with E-state index in [1.54, 1.807) is 0 Å². The second-order valence-electron chi connectivity index (χ2n) is 4.82. The third-order valence-corrected chi connectivity index (χ3v) is 3.49. The molecule has 2 atom stereocenters. The largest absolute Gasteiger partial charge is 0.390 e. The van der Waals surface area contributed by atoms with E-state index in [-0.39, 0.29) is 12.3 Å². The molecule has 0 spiro atoms. The Hall–Kier alpha value is -0.290. The van der Waals surface area contributed by atoms with E-state index in [0.717, 1.165) is 25.7 Å². The standard InChI is InChI=1S/C12H21F3O2/c1-17-11(9-5-3-2-4-6-9)10(16)7-8-12(13,14)15/h9-11,16H,2-8H2,1H3. The highest BCUT2D eigenvalue weighted by Crippen LogP contribution is 2.31. The molecule has 1 rings (SSSR count). The summed E-state index contributed by atoms with van der Waals surface area (Å²) in [5.41, 5.74) is 0. The van der Waals surface area contributed by atoms with Gasteiger partial charge in [-0.05, 0) is 25.2 Å². The van der Waals surface area contributed by atoms with Crippen LogP contribution in [0.4, 0.5) is 13.2 Å². The highest BCUT2D eigenvalue weighted by molar-refractivity contribution is 4.80. The average molecular weight is 254 g/mol. The molecule has 0 aromatic rings. The fraction of sp³-hybridized carbons (Fsp3) is 1.00. The minimum absolute atomic E-state index is 0.206. The van der Waals surface area contributed by atoms with Crippen molar-refractivity contribution in [3.63, 3.8) is 0 Å². The van der Waals surface area contributed by atoms with Gasteiger partial charge in [-0.2, -0.15) is 13.2 Å².